The van der Waals surface area contributed by atoms with E-state index in [9.17, 15) is 14.0 Å². The van der Waals surface area contributed by atoms with Gasteiger partial charge in [-0.2, -0.15) is 0 Å². The van der Waals surface area contributed by atoms with Gasteiger partial charge in [-0.25, -0.2) is 4.39 Å². The fraction of sp³-hybridized carbons (Fsp3) is 0.111. The van der Waals surface area contributed by atoms with E-state index in [1.165, 1.54) is 6.20 Å². The molecule has 0 aliphatic carbocycles. The van der Waals surface area contributed by atoms with Gasteiger partial charge in [0.25, 0.3) is 5.91 Å². The summed E-state index contributed by atoms with van der Waals surface area (Å²) in [4.78, 5) is 36.0. The topological polar surface area (TPSA) is 87.7 Å². The largest absolute Gasteiger partial charge is 0.360 e. The van der Waals surface area contributed by atoms with E-state index in [1.54, 1.807) is 42.7 Å². The third kappa shape index (κ3) is 4.50. The van der Waals surface area contributed by atoms with Crippen LogP contribution in [0, 0.1) is 12.7 Å². The van der Waals surface area contributed by atoms with Crippen LogP contribution in [0.2, 0.25) is 5.02 Å². The van der Waals surface area contributed by atoms with E-state index in [4.69, 9.17) is 11.6 Å². The van der Waals surface area contributed by atoms with Gasteiger partial charge in [-0.1, -0.05) is 17.7 Å². The Labute approximate surface area is 205 Å². The molecule has 1 amide bonds. The molecule has 0 saturated carbocycles. The number of hydrogen-bond acceptors (Lipinski definition) is 4. The maximum atomic E-state index is 14.8. The molecule has 2 aromatic carbocycles. The van der Waals surface area contributed by atoms with Crippen LogP contribution in [0.15, 0.2) is 61.1 Å². The van der Waals surface area contributed by atoms with Gasteiger partial charge in [0.1, 0.15) is 5.82 Å². The van der Waals surface area contributed by atoms with Gasteiger partial charge in [-0.05, 0) is 54.4 Å². The summed E-state index contributed by atoms with van der Waals surface area (Å²) in [6.07, 6.45) is 6.05. The van der Waals surface area contributed by atoms with Gasteiger partial charge in [0.15, 0.2) is 6.29 Å². The number of aromatic amines is 1. The number of carbonyl (C=O) groups is 2. The van der Waals surface area contributed by atoms with Crippen LogP contribution in [0.5, 0.6) is 0 Å². The number of nitrogens with zero attached hydrogens (tertiary/aromatic N) is 2. The van der Waals surface area contributed by atoms with Crippen molar-refractivity contribution in [2.24, 2.45) is 0 Å². The number of amides is 1. The average molecular weight is 487 g/mol. The van der Waals surface area contributed by atoms with Crippen molar-refractivity contribution < 1.29 is 14.0 Å². The molecule has 174 valence electrons. The number of fused-ring (bicyclic) bond motifs is 2. The SMILES string of the molecule is Cc1cnc2c(C=O)cc(Cc3cc(C(=O)NCc4ccc5[nH]cc(Cl)c5c4F)ccn3)cc2c1. The van der Waals surface area contributed by atoms with Crippen molar-refractivity contribution in [3.8, 4) is 0 Å². The lowest BCUT2D eigenvalue weighted by Gasteiger charge is -2.09. The first-order valence-electron chi connectivity index (χ1n) is 10.9. The van der Waals surface area contributed by atoms with E-state index < -0.39 is 5.82 Å². The number of H-pyrrole nitrogens is 1. The minimum Gasteiger partial charge on any atom is -0.360 e. The Hall–Kier alpha value is -4.10. The molecule has 0 fully saturated rings. The summed E-state index contributed by atoms with van der Waals surface area (Å²) < 4.78 is 14.8. The summed E-state index contributed by atoms with van der Waals surface area (Å²) in [5.41, 5.74) is 5.05. The number of aromatic nitrogens is 3. The molecule has 2 N–H and O–H groups in total. The zero-order chi connectivity index (χ0) is 24.5. The lowest BCUT2D eigenvalue weighted by atomic mass is 10.0. The molecule has 0 aliphatic rings. The number of benzene rings is 2. The van der Waals surface area contributed by atoms with Crippen molar-refractivity contribution in [3.63, 3.8) is 0 Å². The molecule has 35 heavy (non-hydrogen) atoms. The molecule has 3 heterocycles. The molecular weight excluding hydrogens is 467 g/mol. The second-order valence-electron chi connectivity index (χ2n) is 8.38. The van der Waals surface area contributed by atoms with Crippen molar-refractivity contribution >= 4 is 45.6 Å². The molecular formula is C27H20ClFN4O2. The first-order valence-corrected chi connectivity index (χ1v) is 11.3. The third-order valence-electron chi connectivity index (χ3n) is 5.85. The number of hydrogen-bond donors (Lipinski definition) is 2. The van der Waals surface area contributed by atoms with Crippen LogP contribution in [0.1, 0.15) is 43.1 Å². The van der Waals surface area contributed by atoms with E-state index in [2.05, 4.69) is 20.3 Å². The Kier molecular flexibility index (Phi) is 6.01. The highest BCUT2D eigenvalue weighted by molar-refractivity contribution is 6.35. The minimum atomic E-state index is -0.462. The van der Waals surface area contributed by atoms with Gasteiger partial charge in [0.05, 0.1) is 15.9 Å². The van der Waals surface area contributed by atoms with E-state index in [1.807, 2.05) is 19.1 Å². The zero-order valence-electron chi connectivity index (χ0n) is 18.7. The van der Waals surface area contributed by atoms with Crippen LogP contribution in [-0.4, -0.2) is 27.1 Å². The number of rotatable bonds is 6. The monoisotopic (exact) mass is 486 g/mol. The molecule has 5 rings (SSSR count). The second-order valence-corrected chi connectivity index (χ2v) is 8.79. The van der Waals surface area contributed by atoms with Gasteiger partial charge in [0.2, 0.25) is 0 Å². The number of halogens is 2. The standard InChI is InChI=1S/C27H20ClFN4O2/c1-15-6-19-7-16(8-20(14-34)26(19)32-11-15)9-21-10-17(4-5-30-21)27(35)33-12-18-2-3-23-24(25(18)29)22(28)13-31-23/h2-8,10-11,13-14,31H,9,12H2,1H3,(H,33,35). The maximum Gasteiger partial charge on any atom is 0.251 e. The van der Waals surface area contributed by atoms with Crippen molar-refractivity contribution in [1.82, 2.24) is 20.3 Å². The molecule has 3 aromatic heterocycles. The summed E-state index contributed by atoms with van der Waals surface area (Å²) >= 11 is 6.06. The van der Waals surface area contributed by atoms with Crippen molar-refractivity contribution in [2.45, 2.75) is 19.9 Å². The van der Waals surface area contributed by atoms with Gasteiger partial charge < -0.3 is 10.3 Å². The number of carbonyl (C=O) groups excluding carboxylic acids is 2. The highest BCUT2D eigenvalue weighted by Gasteiger charge is 2.14. The van der Waals surface area contributed by atoms with Gasteiger partial charge in [0, 0.05) is 64.8 Å². The fourth-order valence-electron chi connectivity index (χ4n) is 4.17. The fourth-order valence-corrected chi connectivity index (χ4v) is 4.41. The number of pyridine rings is 2. The molecule has 0 aliphatic heterocycles. The Morgan fingerprint density at radius 1 is 1.17 bits per heavy atom. The van der Waals surface area contributed by atoms with Crippen LogP contribution in [0.4, 0.5) is 4.39 Å². The molecule has 5 aromatic rings. The molecule has 0 atom stereocenters. The van der Waals surface area contributed by atoms with Crippen LogP contribution < -0.4 is 5.32 Å². The maximum absolute atomic E-state index is 14.8. The molecule has 0 radical (unpaired) electrons. The van der Waals surface area contributed by atoms with E-state index in [0.717, 1.165) is 22.8 Å². The van der Waals surface area contributed by atoms with Crippen molar-refractivity contribution in [3.05, 3.63) is 105 Å². The molecule has 0 spiro atoms. The van der Waals surface area contributed by atoms with Crippen molar-refractivity contribution in [1.29, 1.82) is 0 Å². The van der Waals surface area contributed by atoms with Crippen molar-refractivity contribution in [2.75, 3.05) is 0 Å². The Morgan fingerprint density at radius 2 is 2.03 bits per heavy atom. The molecule has 0 bridgehead atoms. The quantitative estimate of drug-likeness (QED) is 0.308. The summed E-state index contributed by atoms with van der Waals surface area (Å²) in [6, 6.07) is 12.4. The van der Waals surface area contributed by atoms with Crippen LogP contribution in [-0.2, 0) is 13.0 Å². The number of aldehydes is 1. The smallest absolute Gasteiger partial charge is 0.251 e. The first-order chi connectivity index (χ1) is 16.9. The average Bonchev–Trinajstić information content (AvgIpc) is 3.24. The molecule has 0 unspecified atom stereocenters. The highest BCUT2D eigenvalue weighted by Crippen LogP contribution is 2.28. The number of nitrogens with one attached hydrogen (secondary N) is 2. The van der Waals surface area contributed by atoms with Gasteiger partial charge in [-0.15, -0.1) is 0 Å². The summed E-state index contributed by atoms with van der Waals surface area (Å²) in [5, 5.41) is 4.23. The second kappa shape index (κ2) is 9.27. The predicted octanol–water partition coefficient (Wildman–Crippen LogP) is 5.55. The molecule has 0 saturated heterocycles. The lowest BCUT2D eigenvalue weighted by molar-refractivity contribution is 0.0950. The number of aryl methyl sites for hydroxylation is 1. The van der Waals surface area contributed by atoms with E-state index in [-0.39, 0.29) is 12.5 Å². The minimum absolute atomic E-state index is 0.0134. The molecule has 8 heteroatoms. The summed E-state index contributed by atoms with van der Waals surface area (Å²) in [7, 11) is 0. The predicted molar refractivity (Wildman–Crippen MR) is 133 cm³/mol. The van der Waals surface area contributed by atoms with Crippen LogP contribution >= 0.6 is 11.6 Å². The Balaban J connectivity index is 1.35. The van der Waals surface area contributed by atoms with Crippen LogP contribution in [0.25, 0.3) is 21.8 Å². The first kappa shape index (κ1) is 22.7. The summed E-state index contributed by atoms with van der Waals surface area (Å²) in [6.45, 7) is 1.96. The van der Waals surface area contributed by atoms with Gasteiger partial charge in [-0.3, -0.25) is 19.6 Å². The lowest BCUT2D eigenvalue weighted by Crippen LogP contribution is -2.23. The van der Waals surface area contributed by atoms with E-state index in [0.29, 0.717) is 50.2 Å². The summed E-state index contributed by atoms with van der Waals surface area (Å²) in [5.74, 6) is -0.809. The highest BCUT2D eigenvalue weighted by atomic mass is 35.5. The van der Waals surface area contributed by atoms with Gasteiger partial charge >= 0.3 is 0 Å². The normalized spacial score (nSPS) is 11.2. The third-order valence-corrected chi connectivity index (χ3v) is 6.15. The zero-order valence-corrected chi connectivity index (χ0v) is 19.5. The molecule has 6 nitrogen and oxygen atoms in total. The Morgan fingerprint density at radius 3 is 2.86 bits per heavy atom. The Bertz CT molecular complexity index is 1610. The van der Waals surface area contributed by atoms with E-state index >= 15 is 0 Å². The van der Waals surface area contributed by atoms with Crippen LogP contribution in [0.3, 0.4) is 0 Å².